The molecule has 0 unspecified atom stereocenters. The third kappa shape index (κ3) is 3.76. The van der Waals surface area contributed by atoms with Gasteiger partial charge in [0.2, 0.25) is 0 Å². The van der Waals surface area contributed by atoms with Crippen LogP contribution in [0.15, 0.2) is 28.7 Å². The fraction of sp³-hybridized carbons (Fsp3) is 0.647. The molecule has 3 heteroatoms. The van der Waals surface area contributed by atoms with Crippen LogP contribution in [-0.4, -0.2) is 17.3 Å². The Balaban J connectivity index is 2.05. The van der Waals surface area contributed by atoms with Gasteiger partial charge in [0.25, 0.3) is 0 Å². The number of nitrogens with one attached hydrogen (secondary N) is 1. The lowest BCUT2D eigenvalue weighted by Crippen LogP contribution is -2.46. The van der Waals surface area contributed by atoms with Crippen LogP contribution in [-0.2, 0) is 0 Å². The van der Waals surface area contributed by atoms with Crippen molar-refractivity contribution in [2.75, 3.05) is 11.9 Å². The van der Waals surface area contributed by atoms with E-state index in [1.807, 2.05) is 12.1 Å². The van der Waals surface area contributed by atoms with Gasteiger partial charge in [0, 0.05) is 10.2 Å². The standard InChI is InChI=1S/C17H26BrNO/c1-16(2,3)13-7-9-17(12-20,10-8-13)19-15-6-4-5-14(18)11-15/h4-6,11,13,19-20H,7-10,12H2,1-3H3. The first-order valence-electron chi connectivity index (χ1n) is 7.49. The van der Waals surface area contributed by atoms with Gasteiger partial charge in [-0.2, -0.15) is 0 Å². The van der Waals surface area contributed by atoms with Crippen LogP contribution in [0.4, 0.5) is 5.69 Å². The fourth-order valence-corrected chi connectivity index (χ4v) is 3.63. The van der Waals surface area contributed by atoms with E-state index >= 15 is 0 Å². The molecule has 20 heavy (non-hydrogen) atoms. The van der Waals surface area contributed by atoms with E-state index in [0.29, 0.717) is 5.41 Å². The third-order valence-electron chi connectivity index (χ3n) is 4.70. The molecule has 0 aromatic heterocycles. The summed E-state index contributed by atoms with van der Waals surface area (Å²) in [5.41, 5.74) is 1.31. The van der Waals surface area contributed by atoms with Crippen LogP contribution in [0.1, 0.15) is 46.5 Å². The number of rotatable bonds is 3. The summed E-state index contributed by atoms with van der Waals surface area (Å²) < 4.78 is 1.07. The Labute approximate surface area is 131 Å². The Morgan fingerprint density at radius 1 is 1.30 bits per heavy atom. The Kier molecular flexibility index (Phi) is 4.80. The monoisotopic (exact) mass is 339 g/mol. The lowest BCUT2D eigenvalue weighted by Gasteiger charge is -2.44. The van der Waals surface area contributed by atoms with Crippen LogP contribution in [0.3, 0.4) is 0 Å². The lowest BCUT2D eigenvalue weighted by atomic mass is 9.67. The number of anilines is 1. The van der Waals surface area contributed by atoms with E-state index in [2.05, 4.69) is 54.2 Å². The predicted octanol–water partition coefficient (Wildman–Crippen LogP) is 4.83. The molecular formula is C17H26BrNO. The molecule has 112 valence electrons. The van der Waals surface area contributed by atoms with Crippen molar-refractivity contribution in [3.05, 3.63) is 28.7 Å². The molecule has 1 saturated carbocycles. The Bertz CT molecular complexity index is 445. The van der Waals surface area contributed by atoms with E-state index in [0.717, 1.165) is 28.9 Å². The topological polar surface area (TPSA) is 32.3 Å². The number of halogens is 1. The van der Waals surface area contributed by atoms with Gasteiger partial charge in [-0.1, -0.05) is 42.8 Å². The summed E-state index contributed by atoms with van der Waals surface area (Å²) in [6, 6.07) is 8.19. The summed E-state index contributed by atoms with van der Waals surface area (Å²) in [6.45, 7) is 7.18. The molecule has 1 aromatic rings. The molecule has 0 atom stereocenters. The first kappa shape index (κ1) is 15.8. The Morgan fingerprint density at radius 3 is 2.45 bits per heavy atom. The normalized spacial score (nSPS) is 27.4. The highest BCUT2D eigenvalue weighted by molar-refractivity contribution is 9.10. The van der Waals surface area contributed by atoms with Gasteiger partial charge in [-0.3, -0.25) is 0 Å². The van der Waals surface area contributed by atoms with E-state index in [9.17, 15) is 5.11 Å². The minimum absolute atomic E-state index is 0.150. The van der Waals surface area contributed by atoms with Gasteiger partial charge in [-0.15, -0.1) is 0 Å². The summed E-state index contributed by atoms with van der Waals surface area (Å²) in [6.07, 6.45) is 4.45. The highest BCUT2D eigenvalue weighted by Crippen LogP contribution is 2.42. The molecule has 2 rings (SSSR count). The zero-order valence-corrected chi connectivity index (χ0v) is 14.3. The van der Waals surface area contributed by atoms with Crippen molar-refractivity contribution >= 4 is 21.6 Å². The maximum atomic E-state index is 9.89. The molecule has 1 aliphatic rings. The lowest BCUT2D eigenvalue weighted by molar-refractivity contribution is 0.104. The molecule has 0 bridgehead atoms. The van der Waals surface area contributed by atoms with Crippen LogP contribution < -0.4 is 5.32 Å². The van der Waals surface area contributed by atoms with Crippen molar-refractivity contribution in [2.45, 2.75) is 52.0 Å². The molecule has 1 fully saturated rings. The van der Waals surface area contributed by atoms with Gasteiger partial charge in [0.05, 0.1) is 12.1 Å². The maximum Gasteiger partial charge on any atom is 0.0661 e. The van der Waals surface area contributed by atoms with Crippen molar-refractivity contribution in [1.82, 2.24) is 0 Å². The molecule has 0 heterocycles. The molecule has 0 aliphatic heterocycles. The van der Waals surface area contributed by atoms with E-state index in [1.54, 1.807) is 0 Å². The van der Waals surface area contributed by atoms with Crippen molar-refractivity contribution in [3.63, 3.8) is 0 Å². The first-order chi connectivity index (χ1) is 9.35. The molecule has 0 amide bonds. The number of hydrogen-bond donors (Lipinski definition) is 2. The largest absolute Gasteiger partial charge is 0.394 e. The van der Waals surface area contributed by atoms with Crippen molar-refractivity contribution < 1.29 is 5.11 Å². The van der Waals surface area contributed by atoms with Gasteiger partial charge in [-0.25, -0.2) is 0 Å². The zero-order valence-electron chi connectivity index (χ0n) is 12.7. The molecule has 0 radical (unpaired) electrons. The van der Waals surface area contributed by atoms with Crippen LogP contribution in [0.2, 0.25) is 0 Å². The van der Waals surface area contributed by atoms with E-state index < -0.39 is 0 Å². The van der Waals surface area contributed by atoms with E-state index in [4.69, 9.17) is 0 Å². The molecular weight excluding hydrogens is 314 g/mol. The van der Waals surface area contributed by atoms with Crippen LogP contribution in [0.25, 0.3) is 0 Å². The summed E-state index contributed by atoms with van der Waals surface area (Å²) in [5.74, 6) is 0.756. The van der Waals surface area contributed by atoms with Crippen molar-refractivity contribution in [1.29, 1.82) is 0 Å². The van der Waals surface area contributed by atoms with Gasteiger partial charge in [0.15, 0.2) is 0 Å². The minimum atomic E-state index is -0.150. The highest BCUT2D eigenvalue weighted by Gasteiger charge is 2.38. The molecule has 0 saturated heterocycles. The Morgan fingerprint density at radius 2 is 1.95 bits per heavy atom. The van der Waals surface area contributed by atoms with Crippen LogP contribution in [0, 0.1) is 11.3 Å². The SMILES string of the molecule is CC(C)(C)C1CCC(CO)(Nc2cccc(Br)c2)CC1. The van der Waals surface area contributed by atoms with Gasteiger partial charge in [-0.05, 0) is 55.2 Å². The van der Waals surface area contributed by atoms with E-state index in [1.165, 1.54) is 12.8 Å². The second-order valence-corrected chi connectivity index (χ2v) is 8.13. The average Bonchev–Trinajstić information content (AvgIpc) is 2.38. The third-order valence-corrected chi connectivity index (χ3v) is 5.20. The van der Waals surface area contributed by atoms with E-state index in [-0.39, 0.29) is 12.1 Å². The number of benzene rings is 1. The van der Waals surface area contributed by atoms with Crippen molar-refractivity contribution in [2.24, 2.45) is 11.3 Å². The van der Waals surface area contributed by atoms with Crippen LogP contribution in [0.5, 0.6) is 0 Å². The molecule has 2 nitrogen and oxygen atoms in total. The number of aliphatic hydroxyl groups excluding tert-OH is 1. The fourth-order valence-electron chi connectivity index (χ4n) is 3.23. The van der Waals surface area contributed by atoms with Crippen molar-refractivity contribution in [3.8, 4) is 0 Å². The second kappa shape index (κ2) is 6.07. The molecule has 1 aliphatic carbocycles. The highest BCUT2D eigenvalue weighted by atomic mass is 79.9. The molecule has 1 aromatic carbocycles. The summed E-state index contributed by atoms with van der Waals surface area (Å²) >= 11 is 3.50. The van der Waals surface area contributed by atoms with Crippen LogP contribution >= 0.6 is 15.9 Å². The smallest absolute Gasteiger partial charge is 0.0661 e. The molecule has 2 N–H and O–H groups in total. The quantitative estimate of drug-likeness (QED) is 0.826. The van der Waals surface area contributed by atoms with Gasteiger partial charge < -0.3 is 10.4 Å². The van der Waals surface area contributed by atoms with Gasteiger partial charge in [0.1, 0.15) is 0 Å². The first-order valence-corrected chi connectivity index (χ1v) is 8.29. The molecule has 0 spiro atoms. The average molecular weight is 340 g/mol. The summed E-state index contributed by atoms with van der Waals surface area (Å²) in [7, 11) is 0. The summed E-state index contributed by atoms with van der Waals surface area (Å²) in [5, 5.41) is 13.5. The van der Waals surface area contributed by atoms with Gasteiger partial charge >= 0.3 is 0 Å². The predicted molar refractivity (Wildman–Crippen MR) is 89.0 cm³/mol. The maximum absolute atomic E-state index is 9.89. The minimum Gasteiger partial charge on any atom is -0.394 e. The zero-order chi connectivity index (χ0) is 14.8. The number of hydrogen-bond acceptors (Lipinski definition) is 2. The number of aliphatic hydroxyl groups is 1. The Hall–Kier alpha value is -0.540. The summed E-state index contributed by atoms with van der Waals surface area (Å²) in [4.78, 5) is 0. The second-order valence-electron chi connectivity index (χ2n) is 7.21.